The second-order valence-corrected chi connectivity index (χ2v) is 5.24. The van der Waals surface area contributed by atoms with Gasteiger partial charge in [-0.15, -0.1) is 0 Å². The number of rotatable bonds is 4. The van der Waals surface area contributed by atoms with Crippen molar-refractivity contribution in [2.75, 3.05) is 17.7 Å². The lowest BCUT2D eigenvalue weighted by atomic mass is 10.1. The summed E-state index contributed by atoms with van der Waals surface area (Å²) in [5.74, 6) is -1.68. The molecule has 0 aliphatic carbocycles. The van der Waals surface area contributed by atoms with Crippen LogP contribution in [0.5, 0.6) is 0 Å². The molecule has 0 heterocycles. The fourth-order valence-corrected chi connectivity index (χ4v) is 2.01. The van der Waals surface area contributed by atoms with Crippen molar-refractivity contribution < 1.29 is 27.5 Å². The lowest BCUT2D eigenvalue weighted by Crippen LogP contribution is -2.22. The summed E-state index contributed by atoms with van der Waals surface area (Å²) in [6.07, 6.45) is -4.61. The Bertz CT molecular complexity index is 804. The second-order valence-electron chi connectivity index (χ2n) is 5.24. The normalized spacial score (nSPS) is 11.0. The van der Waals surface area contributed by atoms with Gasteiger partial charge in [-0.2, -0.15) is 13.2 Å². The molecule has 0 saturated heterocycles. The van der Waals surface area contributed by atoms with Gasteiger partial charge in [-0.3, -0.25) is 4.79 Å². The van der Waals surface area contributed by atoms with E-state index in [2.05, 4.69) is 5.32 Å². The van der Waals surface area contributed by atoms with Crippen molar-refractivity contribution in [3.63, 3.8) is 0 Å². The molecule has 2 aromatic rings. The van der Waals surface area contributed by atoms with Crippen LogP contribution >= 0.6 is 0 Å². The number of halogens is 3. The number of benzene rings is 2. The van der Waals surface area contributed by atoms with E-state index in [4.69, 9.17) is 10.5 Å². The molecule has 0 unspecified atom stereocenters. The molecule has 5 nitrogen and oxygen atoms in total. The molecule has 2 aromatic carbocycles. The predicted octanol–water partition coefficient (Wildman–Crippen LogP) is 3.39. The van der Waals surface area contributed by atoms with Crippen molar-refractivity contribution in [1.82, 2.24) is 0 Å². The van der Waals surface area contributed by atoms with Crippen LogP contribution in [0.3, 0.4) is 0 Å². The van der Waals surface area contributed by atoms with Gasteiger partial charge in [0.2, 0.25) is 0 Å². The van der Waals surface area contributed by atoms with Gasteiger partial charge in [-0.1, -0.05) is 18.2 Å². The van der Waals surface area contributed by atoms with Crippen LogP contribution in [0.4, 0.5) is 24.5 Å². The molecular weight excluding hydrogens is 337 g/mol. The third-order valence-corrected chi connectivity index (χ3v) is 3.36. The molecular formula is C17H15F3N2O3. The summed E-state index contributed by atoms with van der Waals surface area (Å²) >= 11 is 0. The van der Waals surface area contributed by atoms with E-state index in [1.165, 1.54) is 24.3 Å². The summed E-state index contributed by atoms with van der Waals surface area (Å²) in [4.78, 5) is 23.6. The quantitative estimate of drug-likeness (QED) is 0.653. The summed E-state index contributed by atoms with van der Waals surface area (Å²) in [5.41, 5.74) is 5.60. The van der Waals surface area contributed by atoms with Crippen LogP contribution in [-0.2, 0) is 15.7 Å². The molecule has 3 N–H and O–H groups in total. The minimum Gasteiger partial charge on any atom is -0.452 e. The Morgan fingerprint density at radius 2 is 1.84 bits per heavy atom. The van der Waals surface area contributed by atoms with Gasteiger partial charge < -0.3 is 15.8 Å². The standard InChI is InChI=1S/C17H15F3N2O3/c1-10-6-7-11(8-13(10)21)16(24)25-9-15(23)22-14-5-3-2-4-12(14)17(18,19)20/h2-8H,9,21H2,1H3,(H,22,23). The number of ether oxygens (including phenoxy) is 1. The monoisotopic (exact) mass is 352 g/mol. The zero-order valence-corrected chi connectivity index (χ0v) is 13.2. The highest BCUT2D eigenvalue weighted by Crippen LogP contribution is 2.34. The van der Waals surface area contributed by atoms with Gasteiger partial charge in [0.15, 0.2) is 6.61 Å². The molecule has 132 valence electrons. The van der Waals surface area contributed by atoms with E-state index in [1.54, 1.807) is 13.0 Å². The van der Waals surface area contributed by atoms with Crippen LogP contribution in [0.25, 0.3) is 0 Å². The van der Waals surface area contributed by atoms with Gasteiger partial charge in [-0.05, 0) is 36.8 Å². The van der Waals surface area contributed by atoms with Crippen molar-refractivity contribution in [1.29, 1.82) is 0 Å². The van der Waals surface area contributed by atoms with Gasteiger partial charge in [0.1, 0.15) is 0 Å². The number of carbonyl (C=O) groups excluding carboxylic acids is 2. The first-order valence-corrected chi connectivity index (χ1v) is 7.18. The van der Waals surface area contributed by atoms with E-state index >= 15 is 0 Å². The Hall–Kier alpha value is -3.03. The van der Waals surface area contributed by atoms with Crippen molar-refractivity contribution >= 4 is 23.3 Å². The molecule has 1 amide bonds. The Labute approximate surface area is 141 Å². The molecule has 0 aliphatic rings. The molecule has 0 atom stereocenters. The maximum atomic E-state index is 12.9. The third-order valence-electron chi connectivity index (χ3n) is 3.36. The van der Waals surface area contributed by atoms with Gasteiger partial charge in [-0.25, -0.2) is 4.79 Å². The average Bonchev–Trinajstić information content (AvgIpc) is 2.54. The topological polar surface area (TPSA) is 81.4 Å². The number of nitrogens with two attached hydrogens (primary N) is 1. The Kier molecular flexibility index (Phi) is 5.31. The van der Waals surface area contributed by atoms with E-state index < -0.39 is 35.9 Å². The summed E-state index contributed by atoms with van der Waals surface area (Å²) < 4.78 is 43.4. The van der Waals surface area contributed by atoms with Crippen molar-refractivity contribution in [3.05, 3.63) is 59.2 Å². The summed E-state index contributed by atoms with van der Waals surface area (Å²) in [6, 6.07) is 9.01. The number of carbonyl (C=O) groups is 2. The molecule has 2 rings (SSSR count). The highest BCUT2D eigenvalue weighted by atomic mass is 19.4. The van der Waals surface area contributed by atoms with Crippen molar-refractivity contribution in [2.24, 2.45) is 0 Å². The minimum atomic E-state index is -4.61. The number of anilines is 2. The number of aryl methyl sites for hydroxylation is 1. The van der Waals surface area contributed by atoms with Crippen molar-refractivity contribution in [2.45, 2.75) is 13.1 Å². The minimum absolute atomic E-state index is 0.145. The highest BCUT2D eigenvalue weighted by Gasteiger charge is 2.33. The molecule has 0 aliphatic heterocycles. The van der Waals surface area contributed by atoms with E-state index in [1.807, 2.05) is 0 Å². The van der Waals surface area contributed by atoms with Crippen LogP contribution in [0.1, 0.15) is 21.5 Å². The first-order valence-electron chi connectivity index (χ1n) is 7.18. The lowest BCUT2D eigenvalue weighted by molar-refractivity contribution is -0.137. The number of nitrogens with one attached hydrogen (secondary N) is 1. The van der Waals surface area contributed by atoms with Crippen molar-refractivity contribution in [3.8, 4) is 0 Å². The first kappa shape index (κ1) is 18.3. The molecule has 0 saturated carbocycles. The van der Waals surface area contributed by atoms with E-state index in [0.717, 1.165) is 17.7 Å². The third kappa shape index (κ3) is 4.72. The van der Waals surface area contributed by atoms with Gasteiger partial charge >= 0.3 is 12.1 Å². The molecule has 0 radical (unpaired) electrons. The number of amides is 1. The Morgan fingerprint density at radius 1 is 1.16 bits per heavy atom. The fourth-order valence-electron chi connectivity index (χ4n) is 2.01. The van der Waals surface area contributed by atoms with Crippen LogP contribution in [-0.4, -0.2) is 18.5 Å². The Balaban J connectivity index is 1.99. The molecule has 0 bridgehead atoms. The number of esters is 1. The summed E-state index contributed by atoms with van der Waals surface area (Å²) in [7, 11) is 0. The second kappa shape index (κ2) is 7.25. The average molecular weight is 352 g/mol. The van der Waals surface area contributed by atoms with Crippen LogP contribution in [0.15, 0.2) is 42.5 Å². The molecule has 25 heavy (non-hydrogen) atoms. The number of hydrogen-bond acceptors (Lipinski definition) is 4. The summed E-state index contributed by atoms with van der Waals surface area (Å²) in [5, 5.41) is 2.08. The van der Waals surface area contributed by atoms with Crippen LogP contribution < -0.4 is 11.1 Å². The van der Waals surface area contributed by atoms with E-state index in [-0.39, 0.29) is 5.56 Å². The van der Waals surface area contributed by atoms with E-state index in [0.29, 0.717) is 5.69 Å². The first-order chi connectivity index (χ1) is 11.7. The number of nitrogen functional groups attached to an aromatic ring is 1. The van der Waals surface area contributed by atoms with E-state index in [9.17, 15) is 22.8 Å². The molecule has 0 spiro atoms. The van der Waals surface area contributed by atoms with Gasteiger partial charge in [0.25, 0.3) is 5.91 Å². The Morgan fingerprint density at radius 3 is 2.48 bits per heavy atom. The molecule has 0 fully saturated rings. The molecule has 0 aromatic heterocycles. The SMILES string of the molecule is Cc1ccc(C(=O)OCC(=O)Nc2ccccc2C(F)(F)F)cc1N. The number of hydrogen-bond donors (Lipinski definition) is 2. The van der Waals surface area contributed by atoms with Crippen LogP contribution in [0.2, 0.25) is 0 Å². The zero-order valence-electron chi connectivity index (χ0n) is 13.2. The highest BCUT2D eigenvalue weighted by molar-refractivity contribution is 5.96. The summed E-state index contributed by atoms with van der Waals surface area (Å²) in [6.45, 7) is 1.04. The van der Waals surface area contributed by atoms with Gasteiger partial charge in [0.05, 0.1) is 16.8 Å². The zero-order chi connectivity index (χ0) is 18.6. The van der Waals surface area contributed by atoms with Gasteiger partial charge in [0, 0.05) is 5.69 Å². The predicted molar refractivity (Wildman–Crippen MR) is 85.9 cm³/mol. The molecule has 8 heteroatoms. The smallest absolute Gasteiger partial charge is 0.418 e. The lowest BCUT2D eigenvalue weighted by Gasteiger charge is -2.13. The maximum Gasteiger partial charge on any atom is 0.418 e. The maximum absolute atomic E-state index is 12.9. The fraction of sp³-hybridized carbons (Fsp3) is 0.176. The van der Waals surface area contributed by atoms with Crippen LogP contribution in [0, 0.1) is 6.92 Å². The number of alkyl halides is 3. The largest absolute Gasteiger partial charge is 0.452 e. The number of para-hydroxylation sites is 1.